The van der Waals surface area contributed by atoms with E-state index < -0.39 is 0 Å². The molecule has 0 aliphatic rings. The highest BCUT2D eigenvalue weighted by Crippen LogP contribution is 2.38. The van der Waals surface area contributed by atoms with Crippen LogP contribution in [0.5, 0.6) is 17.2 Å². The Labute approximate surface area is 134 Å². The fourth-order valence-electron chi connectivity index (χ4n) is 2.08. The summed E-state index contributed by atoms with van der Waals surface area (Å²) in [5.74, 6) is 2.44. The first kappa shape index (κ1) is 15.7. The summed E-state index contributed by atoms with van der Waals surface area (Å²) in [5.41, 5.74) is 7.77. The maximum atomic E-state index is 6.11. The number of para-hydroxylation sites is 1. The van der Waals surface area contributed by atoms with E-state index in [2.05, 4.69) is 35.8 Å². The number of benzene rings is 2. The molecule has 0 aliphatic carbocycles. The summed E-state index contributed by atoms with van der Waals surface area (Å²) >= 11 is 3.50. The molecule has 0 aliphatic heterocycles. The van der Waals surface area contributed by atoms with E-state index in [1.807, 2.05) is 37.3 Å². The first-order chi connectivity index (χ1) is 10.0. The van der Waals surface area contributed by atoms with Crippen molar-refractivity contribution in [1.29, 1.82) is 0 Å². The second kappa shape index (κ2) is 6.85. The van der Waals surface area contributed by atoms with Crippen LogP contribution in [0.1, 0.15) is 32.3 Å². The Balaban J connectivity index is 2.36. The summed E-state index contributed by atoms with van der Waals surface area (Å²) in [6, 6.07) is 11.6. The second-order valence-corrected chi connectivity index (χ2v) is 5.96. The zero-order valence-corrected chi connectivity index (χ0v) is 14.1. The second-order valence-electron chi connectivity index (χ2n) is 5.04. The summed E-state index contributed by atoms with van der Waals surface area (Å²) in [4.78, 5) is 0. The first-order valence-corrected chi connectivity index (χ1v) is 7.80. The Morgan fingerprint density at radius 3 is 2.48 bits per heavy atom. The quantitative estimate of drug-likeness (QED) is 0.740. The van der Waals surface area contributed by atoms with Gasteiger partial charge in [0, 0.05) is 4.47 Å². The Morgan fingerprint density at radius 2 is 1.81 bits per heavy atom. The van der Waals surface area contributed by atoms with Crippen LogP contribution in [-0.2, 0) is 0 Å². The van der Waals surface area contributed by atoms with Crippen molar-refractivity contribution in [3.05, 3.63) is 46.4 Å². The van der Waals surface area contributed by atoms with Crippen LogP contribution in [0.15, 0.2) is 40.9 Å². The molecule has 0 aromatic heterocycles. The van der Waals surface area contributed by atoms with Crippen LogP contribution < -0.4 is 15.2 Å². The maximum Gasteiger partial charge on any atom is 0.154 e. The van der Waals surface area contributed by atoms with Gasteiger partial charge in [-0.1, -0.05) is 35.8 Å². The molecular formula is C17H20BrNO2. The van der Waals surface area contributed by atoms with Gasteiger partial charge in [-0.05, 0) is 48.7 Å². The van der Waals surface area contributed by atoms with Crippen LogP contribution in [-0.4, -0.2) is 6.61 Å². The summed E-state index contributed by atoms with van der Waals surface area (Å²) < 4.78 is 12.6. The molecule has 0 spiro atoms. The highest BCUT2D eigenvalue weighted by molar-refractivity contribution is 9.10. The number of hydrogen-bond donors (Lipinski definition) is 1. The molecule has 112 valence electrons. The molecular weight excluding hydrogens is 330 g/mol. The number of rotatable bonds is 5. The van der Waals surface area contributed by atoms with Crippen molar-refractivity contribution >= 4 is 21.6 Å². The number of nitrogens with two attached hydrogens (primary N) is 1. The SMILES string of the molecule is CCOc1cccc(Oc2ccc(Br)cc2C(C)C)c1N. The van der Waals surface area contributed by atoms with Crippen LogP contribution >= 0.6 is 15.9 Å². The maximum absolute atomic E-state index is 6.11. The van der Waals surface area contributed by atoms with Crippen molar-refractivity contribution in [2.75, 3.05) is 12.3 Å². The molecule has 0 saturated heterocycles. The standard InChI is InChI=1S/C17H20BrNO2/c1-4-20-15-6-5-7-16(17(15)19)21-14-9-8-12(18)10-13(14)11(2)3/h5-11H,4,19H2,1-3H3. The normalized spacial score (nSPS) is 10.7. The summed E-state index contributed by atoms with van der Waals surface area (Å²) in [5, 5.41) is 0. The average Bonchev–Trinajstić information content (AvgIpc) is 2.45. The van der Waals surface area contributed by atoms with Gasteiger partial charge in [-0.25, -0.2) is 0 Å². The minimum atomic E-state index is 0.355. The molecule has 2 aromatic rings. The van der Waals surface area contributed by atoms with Crippen molar-refractivity contribution in [2.45, 2.75) is 26.7 Å². The topological polar surface area (TPSA) is 44.5 Å². The first-order valence-electron chi connectivity index (χ1n) is 7.01. The highest BCUT2D eigenvalue weighted by atomic mass is 79.9. The number of ether oxygens (including phenoxy) is 2. The third-order valence-electron chi connectivity index (χ3n) is 3.14. The van der Waals surface area contributed by atoms with Crippen LogP contribution in [0.4, 0.5) is 5.69 Å². The summed E-state index contributed by atoms with van der Waals surface area (Å²) in [7, 11) is 0. The lowest BCUT2D eigenvalue weighted by atomic mass is 10.0. The van der Waals surface area contributed by atoms with E-state index in [4.69, 9.17) is 15.2 Å². The van der Waals surface area contributed by atoms with Crippen molar-refractivity contribution in [1.82, 2.24) is 0 Å². The van der Waals surface area contributed by atoms with Gasteiger partial charge in [-0.15, -0.1) is 0 Å². The van der Waals surface area contributed by atoms with E-state index in [9.17, 15) is 0 Å². The highest BCUT2D eigenvalue weighted by Gasteiger charge is 2.13. The van der Waals surface area contributed by atoms with Crippen molar-refractivity contribution in [3.8, 4) is 17.2 Å². The molecule has 0 amide bonds. The number of anilines is 1. The van der Waals surface area contributed by atoms with Gasteiger partial charge in [0.05, 0.1) is 6.61 Å². The van der Waals surface area contributed by atoms with E-state index in [1.54, 1.807) is 0 Å². The number of halogens is 1. The van der Waals surface area contributed by atoms with E-state index in [-0.39, 0.29) is 0 Å². The lowest BCUT2D eigenvalue weighted by Gasteiger charge is -2.16. The monoisotopic (exact) mass is 349 g/mol. The molecule has 0 saturated carbocycles. The lowest BCUT2D eigenvalue weighted by Crippen LogP contribution is -2.00. The molecule has 0 bridgehead atoms. The van der Waals surface area contributed by atoms with Crippen LogP contribution in [0.2, 0.25) is 0 Å². The fraction of sp³-hybridized carbons (Fsp3) is 0.294. The van der Waals surface area contributed by atoms with E-state index >= 15 is 0 Å². The molecule has 4 heteroatoms. The Hall–Kier alpha value is -1.68. The molecule has 3 nitrogen and oxygen atoms in total. The average molecular weight is 350 g/mol. The fourth-order valence-corrected chi connectivity index (χ4v) is 2.45. The number of nitrogen functional groups attached to an aromatic ring is 1. The molecule has 2 aromatic carbocycles. The van der Waals surface area contributed by atoms with Crippen molar-refractivity contribution in [2.24, 2.45) is 0 Å². The molecule has 0 radical (unpaired) electrons. The van der Waals surface area contributed by atoms with Gasteiger partial charge in [0.1, 0.15) is 17.2 Å². The molecule has 0 atom stereocenters. The molecule has 2 N–H and O–H groups in total. The van der Waals surface area contributed by atoms with Gasteiger partial charge in [0.2, 0.25) is 0 Å². The van der Waals surface area contributed by atoms with Gasteiger partial charge < -0.3 is 15.2 Å². The third-order valence-corrected chi connectivity index (χ3v) is 3.63. The molecule has 21 heavy (non-hydrogen) atoms. The summed E-state index contributed by atoms with van der Waals surface area (Å²) in [6.07, 6.45) is 0. The smallest absolute Gasteiger partial charge is 0.154 e. The Bertz CT molecular complexity index is 626. The van der Waals surface area contributed by atoms with Crippen molar-refractivity contribution < 1.29 is 9.47 Å². The van der Waals surface area contributed by atoms with Gasteiger partial charge in [0.15, 0.2) is 5.75 Å². The third kappa shape index (κ3) is 3.70. The van der Waals surface area contributed by atoms with Crippen LogP contribution in [0.3, 0.4) is 0 Å². The minimum Gasteiger partial charge on any atom is -0.492 e. The Kier molecular flexibility index (Phi) is 5.12. The largest absolute Gasteiger partial charge is 0.492 e. The van der Waals surface area contributed by atoms with Gasteiger partial charge in [-0.3, -0.25) is 0 Å². The molecule has 0 heterocycles. The van der Waals surface area contributed by atoms with Gasteiger partial charge in [0.25, 0.3) is 0 Å². The molecule has 2 rings (SSSR count). The van der Waals surface area contributed by atoms with E-state index in [0.717, 1.165) is 15.8 Å². The van der Waals surface area contributed by atoms with E-state index in [0.29, 0.717) is 29.7 Å². The van der Waals surface area contributed by atoms with Crippen LogP contribution in [0.25, 0.3) is 0 Å². The molecule has 0 unspecified atom stereocenters. The van der Waals surface area contributed by atoms with Crippen LogP contribution in [0, 0.1) is 0 Å². The summed E-state index contributed by atoms with van der Waals surface area (Å²) in [6.45, 7) is 6.77. The predicted molar refractivity (Wildman–Crippen MR) is 90.3 cm³/mol. The number of hydrogen-bond acceptors (Lipinski definition) is 3. The van der Waals surface area contributed by atoms with Crippen molar-refractivity contribution in [3.63, 3.8) is 0 Å². The molecule has 0 fully saturated rings. The minimum absolute atomic E-state index is 0.355. The lowest BCUT2D eigenvalue weighted by molar-refractivity contribution is 0.340. The van der Waals surface area contributed by atoms with Gasteiger partial charge in [-0.2, -0.15) is 0 Å². The van der Waals surface area contributed by atoms with Gasteiger partial charge >= 0.3 is 0 Å². The zero-order chi connectivity index (χ0) is 15.4. The zero-order valence-electron chi connectivity index (χ0n) is 12.5. The predicted octanol–water partition coefficient (Wildman–Crippen LogP) is 5.35. The Morgan fingerprint density at radius 1 is 1.10 bits per heavy atom. The van der Waals surface area contributed by atoms with E-state index in [1.165, 1.54) is 0 Å².